The molecule has 26 heavy (non-hydrogen) atoms. The molecule has 2 aromatic heterocycles. The van der Waals surface area contributed by atoms with E-state index in [0.717, 1.165) is 41.4 Å². The summed E-state index contributed by atoms with van der Waals surface area (Å²) in [6.45, 7) is 9.02. The van der Waals surface area contributed by atoms with Crippen LogP contribution in [0.5, 0.6) is 0 Å². The van der Waals surface area contributed by atoms with Gasteiger partial charge < -0.3 is 15.2 Å². The van der Waals surface area contributed by atoms with Crippen LogP contribution < -0.4 is 10.9 Å². The Labute approximate surface area is 153 Å². The van der Waals surface area contributed by atoms with Crippen LogP contribution >= 0.6 is 0 Å². The summed E-state index contributed by atoms with van der Waals surface area (Å²) in [7, 11) is 0. The maximum absolute atomic E-state index is 12.3. The van der Waals surface area contributed by atoms with Gasteiger partial charge in [0.1, 0.15) is 5.65 Å². The van der Waals surface area contributed by atoms with Gasteiger partial charge in [0.15, 0.2) is 0 Å². The van der Waals surface area contributed by atoms with Gasteiger partial charge in [0, 0.05) is 54.2 Å². The van der Waals surface area contributed by atoms with Gasteiger partial charge >= 0.3 is 0 Å². The first-order valence-corrected chi connectivity index (χ1v) is 9.47. The molecule has 2 atom stereocenters. The van der Waals surface area contributed by atoms with E-state index < -0.39 is 0 Å². The van der Waals surface area contributed by atoms with Crippen LogP contribution in [0, 0.1) is 11.8 Å². The quantitative estimate of drug-likeness (QED) is 0.708. The number of pyridine rings is 2. The number of H-pyrrole nitrogens is 1. The van der Waals surface area contributed by atoms with Crippen LogP contribution in [0.2, 0.25) is 0 Å². The first-order chi connectivity index (χ1) is 12.6. The van der Waals surface area contributed by atoms with Gasteiger partial charge in [0.05, 0.1) is 0 Å². The van der Waals surface area contributed by atoms with Crippen molar-refractivity contribution in [2.45, 2.75) is 20.3 Å². The van der Waals surface area contributed by atoms with Crippen molar-refractivity contribution in [1.82, 2.24) is 14.9 Å². The van der Waals surface area contributed by atoms with Crippen molar-refractivity contribution < 1.29 is 0 Å². The molecule has 3 aromatic rings. The Bertz CT molecular complexity index is 971. The lowest BCUT2D eigenvalue weighted by Crippen LogP contribution is -2.41. The Morgan fingerprint density at radius 1 is 1.15 bits per heavy atom. The minimum Gasteiger partial charge on any atom is -0.384 e. The number of nitrogens with zero attached hydrogens (tertiary/aromatic N) is 2. The topological polar surface area (TPSA) is 61.0 Å². The minimum absolute atomic E-state index is 0.0889. The monoisotopic (exact) mass is 350 g/mol. The molecule has 1 aliphatic rings. The molecular weight excluding hydrogens is 324 g/mol. The lowest BCUT2D eigenvalue weighted by atomic mass is 9.92. The number of benzene rings is 1. The van der Waals surface area contributed by atoms with Crippen molar-refractivity contribution >= 4 is 27.5 Å². The molecule has 1 aliphatic heterocycles. The molecule has 0 spiro atoms. The van der Waals surface area contributed by atoms with E-state index >= 15 is 0 Å². The van der Waals surface area contributed by atoms with E-state index in [-0.39, 0.29) is 5.56 Å². The fourth-order valence-electron chi connectivity index (χ4n) is 4.31. The number of aromatic nitrogens is 2. The van der Waals surface area contributed by atoms with Crippen molar-refractivity contribution in [3.05, 3.63) is 46.9 Å². The molecule has 0 amide bonds. The normalized spacial score (nSPS) is 21.3. The third-order valence-electron chi connectivity index (χ3n) is 5.30. The molecule has 2 unspecified atom stereocenters. The smallest absolute Gasteiger partial charge is 0.257 e. The van der Waals surface area contributed by atoms with E-state index in [2.05, 4.69) is 40.1 Å². The summed E-state index contributed by atoms with van der Waals surface area (Å²) in [6, 6.07) is 9.85. The third-order valence-corrected chi connectivity index (χ3v) is 5.30. The van der Waals surface area contributed by atoms with E-state index in [1.807, 2.05) is 24.3 Å². The van der Waals surface area contributed by atoms with Crippen LogP contribution in [-0.2, 0) is 0 Å². The second-order valence-corrected chi connectivity index (χ2v) is 7.75. The van der Waals surface area contributed by atoms with Crippen LogP contribution in [0.15, 0.2) is 41.3 Å². The zero-order chi connectivity index (χ0) is 18.1. The van der Waals surface area contributed by atoms with Gasteiger partial charge in [-0.15, -0.1) is 0 Å². The lowest BCUT2D eigenvalue weighted by molar-refractivity contribution is 0.146. The molecule has 136 valence electrons. The van der Waals surface area contributed by atoms with E-state index in [1.54, 1.807) is 6.20 Å². The number of hydrogen-bond donors (Lipinski definition) is 2. The Hall–Kier alpha value is -2.40. The van der Waals surface area contributed by atoms with Crippen molar-refractivity contribution in [2.24, 2.45) is 11.8 Å². The molecule has 2 N–H and O–H groups in total. The SMILES string of the molecule is CC1CC(C)CN(CCNc2ccc3c(=O)[nH]c4ncccc4c3c2)C1. The van der Waals surface area contributed by atoms with Crippen LogP contribution in [0.1, 0.15) is 20.3 Å². The standard InChI is InChI=1S/C21H26N4O/c1-14-10-15(2)13-25(12-14)9-8-22-16-5-6-18-19(11-16)17-4-3-7-23-20(17)24-21(18)26/h3-7,11,14-15,22H,8-10,12-13H2,1-2H3,(H,23,24,26). The van der Waals surface area contributed by atoms with Crippen LogP contribution in [0.4, 0.5) is 5.69 Å². The molecular formula is C21H26N4O. The van der Waals surface area contributed by atoms with E-state index in [4.69, 9.17) is 0 Å². The summed E-state index contributed by atoms with van der Waals surface area (Å²) in [4.78, 5) is 21.9. The number of aromatic amines is 1. The Balaban J connectivity index is 1.52. The highest BCUT2D eigenvalue weighted by atomic mass is 16.1. The average molecular weight is 350 g/mol. The average Bonchev–Trinajstić information content (AvgIpc) is 2.61. The molecule has 1 fully saturated rings. The number of hydrogen-bond acceptors (Lipinski definition) is 4. The van der Waals surface area contributed by atoms with Gasteiger partial charge in [-0.25, -0.2) is 4.98 Å². The maximum atomic E-state index is 12.3. The number of piperidine rings is 1. The van der Waals surface area contributed by atoms with Crippen molar-refractivity contribution in [3.8, 4) is 0 Å². The third kappa shape index (κ3) is 3.44. The first kappa shape index (κ1) is 17.0. The van der Waals surface area contributed by atoms with Crippen molar-refractivity contribution in [1.29, 1.82) is 0 Å². The first-order valence-electron chi connectivity index (χ1n) is 9.47. The summed E-state index contributed by atoms with van der Waals surface area (Å²) in [5.41, 5.74) is 1.60. The highest BCUT2D eigenvalue weighted by Gasteiger charge is 2.21. The van der Waals surface area contributed by atoms with Crippen molar-refractivity contribution in [3.63, 3.8) is 0 Å². The molecule has 0 radical (unpaired) electrons. The van der Waals surface area contributed by atoms with Gasteiger partial charge in [-0.1, -0.05) is 13.8 Å². The zero-order valence-electron chi connectivity index (χ0n) is 15.5. The zero-order valence-corrected chi connectivity index (χ0v) is 15.5. The fraction of sp³-hybridized carbons (Fsp3) is 0.429. The Morgan fingerprint density at radius 3 is 2.77 bits per heavy atom. The summed E-state index contributed by atoms with van der Waals surface area (Å²) >= 11 is 0. The predicted octanol–water partition coefficient (Wildman–Crippen LogP) is 3.47. The fourth-order valence-corrected chi connectivity index (χ4v) is 4.31. The molecule has 1 aromatic carbocycles. The molecule has 0 bridgehead atoms. The van der Waals surface area contributed by atoms with E-state index in [0.29, 0.717) is 11.0 Å². The van der Waals surface area contributed by atoms with Gasteiger partial charge in [-0.3, -0.25) is 4.79 Å². The van der Waals surface area contributed by atoms with Crippen LogP contribution in [0.3, 0.4) is 0 Å². The summed E-state index contributed by atoms with van der Waals surface area (Å²) in [6.07, 6.45) is 3.04. The lowest BCUT2D eigenvalue weighted by Gasteiger charge is -2.35. The molecule has 1 saturated heterocycles. The number of fused-ring (bicyclic) bond motifs is 3. The molecule has 3 heterocycles. The molecule has 5 heteroatoms. The van der Waals surface area contributed by atoms with Crippen molar-refractivity contribution in [2.75, 3.05) is 31.5 Å². The molecule has 4 rings (SSSR count). The number of rotatable bonds is 4. The highest BCUT2D eigenvalue weighted by molar-refractivity contribution is 6.05. The number of anilines is 1. The maximum Gasteiger partial charge on any atom is 0.257 e. The predicted molar refractivity (Wildman–Crippen MR) is 108 cm³/mol. The number of likely N-dealkylation sites (tertiary alicyclic amines) is 1. The summed E-state index contributed by atoms with van der Waals surface area (Å²) < 4.78 is 0. The van der Waals surface area contributed by atoms with Gasteiger partial charge in [-0.2, -0.15) is 0 Å². The van der Waals surface area contributed by atoms with Gasteiger partial charge in [0.25, 0.3) is 5.56 Å². The summed E-state index contributed by atoms with van der Waals surface area (Å²) in [5.74, 6) is 1.56. The van der Waals surface area contributed by atoms with Gasteiger partial charge in [-0.05, 0) is 48.6 Å². The Kier molecular flexibility index (Phi) is 4.64. The Morgan fingerprint density at radius 2 is 1.96 bits per heavy atom. The largest absolute Gasteiger partial charge is 0.384 e. The summed E-state index contributed by atoms with van der Waals surface area (Å²) in [5, 5.41) is 6.15. The number of nitrogens with one attached hydrogen (secondary N) is 2. The molecule has 0 aliphatic carbocycles. The minimum atomic E-state index is -0.0889. The van der Waals surface area contributed by atoms with Crippen LogP contribution in [0.25, 0.3) is 21.8 Å². The van der Waals surface area contributed by atoms with E-state index in [9.17, 15) is 4.79 Å². The van der Waals surface area contributed by atoms with Gasteiger partial charge in [0.2, 0.25) is 0 Å². The second-order valence-electron chi connectivity index (χ2n) is 7.75. The van der Waals surface area contributed by atoms with Crippen LogP contribution in [-0.4, -0.2) is 41.0 Å². The molecule has 0 saturated carbocycles. The second kappa shape index (κ2) is 7.08. The molecule has 5 nitrogen and oxygen atoms in total. The highest BCUT2D eigenvalue weighted by Crippen LogP contribution is 2.23. The van der Waals surface area contributed by atoms with E-state index in [1.165, 1.54) is 19.5 Å².